The van der Waals surface area contributed by atoms with Crippen LogP contribution in [0.25, 0.3) is 0 Å². The fourth-order valence-corrected chi connectivity index (χ4v) is 6.15. The van der Waals surface area contributed by atoms with Crippen LogP contribution < -0.4 is 0 Å². The van der Waals surface area contributed by atoms with Crippen molar-refractivity contribution in [1.82, 2.24) is 0 Å². The molecule has 0 bridgehead atoms. The Morgan fingerprint density at radius 3 is 2.91 bits per heavy atom. The molecule has 0 spiro atoms. The van der Waals surface area contributed by atoms with E-state index in [2.05, 4.69) is 32.1 Å². The standard InChI is InChI=1S/C21H28O2/c1-20-11-4-3-5-14(20)6-8-16-17-9-7-15(13-19(22)23)21(17,2)12-10-18(16)20/h5,7,10,16-17H,3-4,6,8-9,11-13H2,1-2H3,(H,22,23)/t16-,17-,20-,21+/m0/s1. The maximum atomic E-state index is 11.2. The molecular formula is C21H28O2. The zero-order valence-corrected chi connectivity index (χ0v) is 14.4. The second-order valence-corrected chi connectivity index (χ2v) is 8.52. The van der Waals surface area contributed by atoms with Crippen molar-refractivity contribution in [3.05, 3.63) is 34.9 Å². The molecule has 4 aliphatic rings. The van der Waals surface area contributed by atoms with Crippen molar-refractivity contribution >= 4 is 5.97 Å². The summed E-state index contributed by atoms with van der Waals surface area (Å²) in [6, 6.07) is 0. The van der Waals surface area contributed by atoms with Crippen molar-refractivity contribution in [2.24, 2.45) is 22.7 Å². The number of carbonyl (C=O) groups is 1. The number of allylic oxidation sites excluding steroid dienone is 5. The molecular weight excluding hydrogens is 284 g/mol. The predicted octanol–water partition coefficient (Wildman–Crippen LogP) is 5.27. The van der Waals surface area contributed by atoms with Gasteiger partial charge < -0.3 is 5.11 Å². The van der Waals surface area contributed by atoms with Gasteiger partial charge in [0.05, 0.1) is 6.42 Å². The average Bonchev–Trinajstić information content (AvgIpc) is 2.83. The molecule has 0 saturated heterocycles. The van der Waals surface area contributed by atoms with Crippen LogP contribution in [0.4, 0.5) is 0 Å². The van der Waals surface area contributed by atoms with Crippen molar-refractivity contribution < 1.29 is 9.90 Å². The fourth-order valence-electron chi connectivity index (χ4n) is 6.15. The van der Waals surface area contributed by atoms with Gasteiger partial charge in [0, 0.05) is 5.41 Å². The fraction of sp³-hybridized carbons (Fsp3) is 0.667. The summed E-state index contributed by atoms with van der Waals surface area (Å²) in [6.07, 6.45) is 16.0. The highest BCUT2D eigenvalue weighted by Crippen LogP contribution is 2.63. The summed E-state index contributed by atoms with van der Waals surface area (Å²) in [5.74, 6) is 0.606. The third-order valence-electron chi connectivity index (χ3n) is 7.49. The first-order valence-electron chi connectivity index (χ1n) is 9.26. The largest absolute Gasteiger partial charge is 0.481 e. The van der Waals surface area contributed by atoms with Crippen molar-refractivity contribution in [3.63, 3.8) is 0 Å². The first kappa shape index (κ1) is 15.2. The highest BCUT2D eigenvalue weighted by Gasteiger charge is 2.53. The Morgan fingerprint density at radius 1 is 1.30 bits per heavy atom. The van der Waals surface area contributed by atoms with Crippen LogP contribution in [0.15, 0.2) is 34.9 Å². The third kappa shape index (κ3) is 2.10. The normalized spacial score (nSPS) is 41.9. The van der Waals surface area contributed by atoms with Crippen LogP contribution in [0.1, 0.15) is 65.2 Å². The van der Waals surface area contributed by atoms with E-state index in [-0.39, 0.29) is 11.8 Å². The van der Waals surface area contributed by atoms with Crippen LogP contribution >= 0.6 is 0 Å². The smallest absolute Gasteiger partial charge is 0.307 e. The molecule has 2 nitrogen and oxygen atoms in total. The lowest BCUT2D eigenvalue weighted by atomic mass is 9.51. The molecule has 0 aromatic heterocycles. The Bertz CT molecular complexity index is 638. The van der Waals surface area contributed by atoms with Gasteiger partial charge in [0.25, 0.3) is 0 Å². The molecule has 1 saturated carbocycles. The van der Waals surface area contributed by atoms with Gasteiger partial charge >= 0.3 is 5.97 Å². The van der Waals surface area contributed by atoms with Crippen LogP contribution in [0.5, 0.6) is 0 Å². The first-order chi connectivity index (χ1) is 10.9. The summed E-state index contributed by atoms with van der Waals surface area (Å²) in [6.45, 7) is 4.79. The number of aliphatic carboxylic acids is 1. The van der Waals surface area contributed by atoms with Gasteiger partial charge in [-0.25, -0.2) is 0 Å². The molecule has 4 aliphatic carbocycles. The van der Waals surface area contributed by atoms with E-state index < -0.39 is 5.97 Å². The molecule has 4 rings (SSSR count). The Morgan fingerprint density at radius 2 is 2.13 bits per heavy atom. The second-order valence-electron chi connectivity index (χ2n) is 8.52. The lowest BCUT2D eigenvalue weighted by molar-refractivity contribution is -0.136. The van der Waals surface area contributed by atoms with E-state index in [0.717, 1.165) is 12.8 Å². The highest BCUT2D eigenvalue weighted by molar-refractivity contribution is 5.71. The molecule has 0 unspecified atom stereocenters. The van der Waals surface area contributed by atoms with E-state index in [0.29, 0.717) is 17.3 Å². The van der Waals surface area contributed by atoms with Gasteiger partial charge in [-0.3, -0.25) is 4.79 Å². The molecule has 1 fully saturated rings. The molecule has 0 aliphatic heterocycles. The molecule has 0 radical (unpaired) electrons. The van der Waals surface area contributed by atoms with Crippen LogP contribution in [-0.4, -0.2) is 11.1 Å². The zero-order chi connectivity index (χ0) is 16.2. The number of hydrogen-bond donors (Lipinski definition) is 1. The third-order valence-corrected chi connectivity index (χ3v) is 7.49. The van der Waals surface area contributed by atoms with Gasteiger partial charge in [-0.15, -0.1) is 0 Å². The minimum absolute atomic E-state index is 0.0821. The van der Waals surface area contributed by atoms with E-state index in [4.69, 9.17) is 0 Å². The lowest BCUT2D eigenvalue weighted by Crippen LogP contribution is -2.43. The van der Waals surface area contributed by atoms with E-state index in [9.17, 15) is 9.90 Å². The van der Waals surface area contributed by atoms with E-state index in [1.807, 2.05) is 0 Å². The monoisotopic (exact) mass is 312 g/mol. The topological polar surface area (TPSA) is 37.3 Å². The molecule has 0 aromatic rings. The Hall–Kier alpha value is -1.31. The summed E-state index contributed by atoms with van der Waals surface area (Å²) in [5.41, 5.74) is 4.95. The quantitative estimate of drug-likeness (QED) is 0.705. The van der Waals surface area contributed by atoms with Crippen molar-refractivity contribution in [1.29, 1.82) is 0 Å². The van der Waals surface area contributed by atoms with Gasteiger partial charge in [-0.05, 0) is 62.2 Å². The van der Waals surface area contributed by atoms with E-state index in [1.165, 1.54) is 37.7 Å². The number of fused-ring (bicyclic) bond motifs is 5. The number of carboxylic acid groups (broad SMARTS) is 1. The highest BCUT2D eigenvalue weighted by atomic mass is 16.4. The molecule has 0 aromatic carbocycles. The SMILES string of the molecule is C[C@]12CCCC=C1CC[C@@H]1C2=CC[C@]2(C)C(CC(=O)O)=CC[C@@H]12. The van der Waals surface area contributed by atoms with Crippen LogP contribution in [0.2, 0.25) is 0 Å². The molecule has 2 heteroatoms. The maximum absolute atomic E-state index is 11.2. The van der Waals surface area contributed by atoms with Gasteiger partial charge in [-0.2, -0.15) is 0 Å². The number of carboxylic acids is 1. The Balaban J connectivity index is 1.69. The van der Waals surface area contributed by atoms with Gasteiger partial charge in [0.2, 0.25) is 0 Å². The number of rotatable bonds is 2. The summed E-state index contributed by atoms with van der Waals surface area (Å²) in [5, 5.41) is 9.24. The Kier molecular flexibility index (Phi) is 3.37. The molecule has 0 amide bonds. The summed E-state index contributed by atoms with van der Waals surface area (Å²) in [4.78, 5) is 11.2. The second kappa shape index (κ2) is 5.09. The molecule has 4 atom stereocenters. The van der Waals surface area contributed by atoms with E-state index in [1.54, 1.807) is 11.1 Å². The van der Waals surface area contributed by atoms with Gasteiger partial charge in [0.15, 0.2) is 0 Å². The first-order valence-corrected chi connectivity index (χ1v) is 9.26. The average molecular weight is 312 g/mol. The summed E-state index contributed by atoms with van der Waals surface area (Å²) < 4.78 is 0. The van der Waals surface area contributed by atoms with E-state index >= 15 is 0 Å². The predicted molar refractivity (Wildman–Crippen MR) is 92.0 cm³/mol. The lowest BCUT2D eigenvalue weighted by Gasteiger charge is -2.53. The van der Waals surface area contributed by atoms with Gasteiger partial charge in [0.1, 0.15) is 0 Å². The molecule has 23 heavy (non-hydrogen) atoms. The van der Waals surface area contributed by atoms with Crippen LogP contribution in [0, 0.1) is 22.7 Å². The minimum atomic E-state index is -0.680. The van der Waals surface area contributed by atoms with Crippen molar-refractivity contribution in [2.75, 3.05) is 0 Å². The molecule has 0 heterocycles. The van der Waals surface area contributed by atoms with Crippen LogP contribution in [0.3, 0.4) is 0 Å². The molecule has 1 N–H and O–H groups in total. The molecule has 124 valence electrons. The summed E-state index contributed by atoms with van der Waals surface area (Å²) in [7, 11) is 0. The minimum Gasteiger partial charge on any atom is -0.481 e. The summed E-state index contributed by atoms with van der Waals surface area (Å²) >= 11 is 0. The number of hydrogen-bond acceptors (Lipinski definition) is 1. The Labute approximate surface area is 139 Å². The van der Waals surface area contributed by atoms with Crippen molar-refractivity contribution in [2.45, 2.75) is 65.2 Å². The van der Waals surface area contributed by atoms with Crippen molar-refractivity contribution in [3.8, 4) is 0 Å². The maximum Gasteiger partial charge on any atom is 0.307 e. The zero-order valence-electron chi connectivity index (χ0n) is 14.4. The van der Waals surface area contributed by atoms with Crippen LogP contribution in [-0.2, 0) is 4.79 Å². The van der Waals surface area contributed by atoms with Gasteiger partial charge in [-0.1, -0.05) is 48.8 Å².